The Labute approximate surface area is 115 Å². The molecule has 6 heteroatoms. The average molecular weight is 283 g/mol. The molecule has 0 radical (unpaired) electrons. The third-order valence-corrected chi connectivity index (χ3v) is 4.04. The van der Waals surface area contributed by atoms with Crippen LogP contribution >= 0.6 is 0 Å². The summed E-state index contributed by atoms with van der Waals surface area (Å²) in [5.41, 5.74) is 2.69. The van der Waals surface area contributed by atoms with Gasteiger partial charge in [0.1, 0.15) is 0 Å². The van der Waals surface area contributed by atoms with Crippen LogP contribution in [0.3, 0.4) is 0 Å². The second-order valence-corrected chi connectivity index (χ2v) is 6.72. The Hall–Kier alpha value is -1.27. The van der Waals surface area contributed by atoms with E-state index in [1.165, 1.54) is 0 Å². The van der Waals surface area contributed by atoms with Gasteiger partial charge in [0, 0.05) is 13.1 Å². The van der Waals surface area contributed by atoms with Crippen LogP contribution in [0.1, 0.15) is 25.8 Å². The van der Waals surface area contributed by atoms with E-state index in [2.05, 4.69) is 14.8 Å². The van der Waals surface area contributed by atoms with Crippen LogP contribution in [-0.2, 0) is 16.6 Å². The highest BCUT2D eigenvalue weighted by Gasteiger charge is 2.16. The molecular weight excluding hydrogens is 262 g/mol. The lowest BCUT2D eigenvalue weighted by Crippen LogP contribution is -2.33. The summed E-state index contributed by atoms with van der Waals surface area (Å²) >= 11 is 0. The maximum atomic E-state index is 11.9. The van der Waals surface area contributed by atoms with Gasteiger partial charge < -0.3 is 5.32 Å². The molecule has 1 heterocycles. The normalized spacial score (nSPS) is 14.9. The Kier molecular flexibility index (Phi) is 4.31. The molecule has 0 unspecified atom stereocenters. The van der Waals surface area contributed by atoms with E-state index in [0.29, 0.717) is 12.2 Å². The molecule has 1 aliphatic heterocycles. The molecule has 0 atom stereocenters. The van der Waals surface area contributed by atoms with E-state index < -0.39 is 10.2 Å². The molecule has 3 N–H and O–H groups in total. The van der Waals surface area contributed by atoms with Crippen molar-refractivity contribution >= 4 is 21.6 Å². The van der Waals surface area contributed by atoms with E-state index in [9.17, 15) is 8.42 Å². The molecule has 5 nitrogen and oxygen atoms in total. The molecule has 0 aliphatic carbocycles. The predicted molar refractivity (Wildman–Crippen MR) is 78.6 cm³/mol. The molecule has 19 heavy (non-hydrogen) atoms. The molecule has 106 valence electrons. The topological polar surface area (TPSA) is 70.2 Å². The third kappa shape index (κ3) is 3.84. The first kappa shape index (κ1) is 14.1. The lowest BCUT2D eigenvalue weighted by atomic mass is 10.0. The van der Waals surface area contributed by atoms with E-state index >= 15 is 0 Å². The Bertz CT molecular complexity index is 541. The van der Waals surface area contributed by atoms with Gasteiger partial charge in [-0.3, -0.25) is 4.72 Å². The van der Waals surface area contributed by atoms with Gasteiger partial charge in [-0.05, 0) is 30.4 Å². The fraction of sp³-hybridized carbons (Fsp3) is 0.538. The third-order valence-electron chi connectivity index (χ3n) is 3.00. The van der Waals surface area contributed by atoms with Crippen molar-refractivity contribution in [3.05, 3.63) is 23.8 Å². The fourth-order valence-corrected chi connectivity index (χ4v) is 3.14. The summed E-state index contributed by atoms with van der Waals surface area (Å²) in [6, 6.07) is 5.69. The zero-order chi connectivity index (χ0) is 13.9. The number of benzene rings is 1. The van der Waals surface area contributed by atoms with E-state index in [1.54, 1.807) is 6.07 Å². The minimum Gasteiger partial charge on any atom is -0.383 e. The van der Waals surface area contributed by atoms with Crippen LogP contribution in [-0.4, -0.2) is 21.5 Å². The Balaban J connectivity index is 2.15. The molecule has 0 bridgehead atoms. The molecule has 0 spiro atoms. The van der Waals surface area contributed by atoms with Crippen molar-refractivity contribution in [3.63, 3.8) is 0 Å². The Morgan fingerprint density at radius 1 is 1.37 bits per heavy atom. The lowest BCUT2D eigenvalue weighted by Gasteiger charge is -2.22. The minimum atomic E-state index is -3.50. The largest absolute Gasteiger partial charge is 0.383 e. The average Bonchev–Trinajstić information content (AvgIpc) is 2.37. The van der Waals surface area contributed by atoms with Gasteiger partial charge in [-0.25, -0.2) is 0 Å². The number of para-hydroxylation sites is 1. The first-order chi connectivity index (χ1) is 8.98. The molecule has 0 saturated carbocycles. The number of aryl methyl sites for hydroxylation is 1. The molecular formula is C13H21N3O2S. The Morgan fingerprint density at radius 2 is 2.16 bits per heavy atom. The van der Waals surface area contributed by atoms with Crippen LogP contribution in [0.2, 0.25) is 0 Å². The summed E-state index contributed by atoms with van der Waals surface area (Å²) in [5, 5.41) is 3.26. The number of anilines is 2. The van der Waals surface area contributed by atoms with Crippen LogP contribution in [0, 0.1) is 5.92 Å². The highest BCUT2D eigenvalue weighted by atomic mass is 32.2. The molecule has 0 saturated heterocycles. The van der Waals surface area contributed by atoms with E-state index in [-0.39, 0.29) is 5.92 Å². The smallest absolute Gasteiger partial charge is 0.299 e. The summed E-state index contributed by atoms with van der Waals surface area (Å²) in [5.74, 6) is 0.277. The van der Waals surface area contributed by atoms with Gasteiger partial charge in [0.05, 0.1) is 11.4 Å². The summed E-state index contributed by atoms with van der Waals surface area (Å²) in [4.78, 5) is 0. The second-order valence-electron chi connectivity index (χ2n) is 5.22. The second kappa shape index (κ2) is 5.79. The number of hydrogen-bond acceptors (Lipinski definition) is 3. The molecule has 2 rings (SSSR count). The maximum absolute atomic E-state index is 11.9. The first-order valence-electron chi connectivity index (χ1n) is 6.61. The number of fused-ring (bicyclic) bond motifs is 1. The monoisotopic (exact) mass is 283 g/mol. The summed E-state index contributed by atoms with van der Waals surface area (Å²) in [7, 11) is -3.50. The summed E-state index contributed by atoms with van der Waals surface area (Å²) < 4.78 is 29.0. The van der Waals surface area contributed by atoms with Gasteiger partial charge in [-0.2, -0.15) is 13.1 Å². The van der Waals surface area contributed by atoms with Crippen molar-refractivity contribution in [2.24, 2.45) is 5.92 Å². The van der Waals surface area contributed by atoms with Gasteiger partial charge in [0.15, 0.2) is 0 Å². The van der Waals surface area contributed by atoms with Crippen molar-refractivity contribution in [1.29, 1.82) is 0 Å². The van der Waals surface area contributed by atoms with Crippen LogP contribution in [0.15, 0.2) is 18.2 Å². The molecule has 1 aromatic carbocycles. The summed E-state index contributed by atoms with van der Waals surface area (Å²) in [6.45, 7) is 5.24. The van der Waals surface area contributed by atoms with Gasteiger partial charge in [0.25, 0.3) is 10.2 Å². The number of rotatable bonds is 5. The van der Waals surface area contributed by atoms with Crippen molar-refractivity contribution in [2.75, 3.05) is 23.1 Å². The highest BCUT2D eigenvalue weighted by molar-refractivity contribution is 7.90. The lowest BCUT2D eigenvalue weighted by molar-refractivity contribution is 0.565. The molecule has 0 fully saturated rings. The van der Waals surface area contributed by atoms with E-state index in [1.807, 2.05) is 26.0 Å². The zero-order valence-corrected chi connectivity index (χ0v) is 12.2. The molecule has 0 aromatic heterocycles. The molecule has 1 aliphatic rings. The van der Waals surface area contributed by atoms with Crippen molar-refractivity contribution in [2.45, 2.75) is 26.7 Å². The van der Waals surface area contributed by atoms with Crippen LogP contribution in [0.5, 0.6) is 0 Å². The quantitative estimate of drug-likeness (QED) is 0.773. The summed E-state index contributed by atoms with van der Waals surface area (Å²) in [6.07, 6.45) is 2.06. The molecule has 1 aromatic rings. The van der Waals surface area contributed by atoms with Gasteiger partial charge >= 0.3 is 0 Å². The van der Waals surface area contributed by atoms with E-state index in [4.69, 9.17) is 0 Å². The number of hydrogen-bond donors (Lipinski definition) is 3. The van der Waals surface area contributed by atoms with E-state index in [0.717, 1.165) is 30.6 Å². The van der Waals surface area contributed by atoms with Crippen molar-refractivity contribution in [1.82, 2.24) is 4.72 Å². The van der Waals surface area contributed by atoms with Crippen molar-refractivity contribution in [3.8, 4) is 0 Å². The maximum Gasteiger partial charge on any atom is 0.299 e. The van der Waals surface area contributed by atoms with Gasteiger partial charge in [-0.15, -0.1) is 0 Å². The highest BCUT2D eigenvalue weighted by Crippen LogP contribution is 2.30. The minimum absolute atomic E-state index is 0.277. The SMILES string of the molecule is CC(C)CNS(=O)(=O)Nc1cccc2c1NCCC2. The molecule has 0 amide bonds. The van der Waals surface area contributed by atoms with Gasteiger partial charge in [-0.1, -0.05) is 26.0 Å². The number of nitrogens with one attached hydrogen (secondary N) is 3. The van der Waals surface area contributed by atoms with Crippen molar-refractivity contribution < 1.29 is 8.42 Å². The van der Waals surface area contributed by atoms with Crippen LogP contribution in [0.25, 0.3) is 0 Å². The Morgan fingerprint density at radius 3 is 2.89 bits per heavy atom. The first-order valence-corrected chi connectivity index (χ1v) is 8.09. The standard InChI is InChI=1S/C13H21N3O2S/c1-10(2)9-15-19(17,18)16-12-7-3-5-11-6-4-8-14-13(11)12/h3,5,7,10,14-16H,4,6,8-9H2,1-2H3. The van der Waals surface area contributed by atoms with Crippen LogP contribution < -0.4 is 14.8 Å². The van der Waals surface area contributed by atoms with Crippen LogP contribution in [0.4, 0.5) is 11.4 Å². The van der Waals surface area contributed by atoms with Gasteiger partial charge in [0.2, 0.25) is 0 Å². The predicted octanol–water partition coefficient (Wildman–Crippen LogP) is 1.95. The zero-order valence-electron chi connectivity index (χ0n) is 11.4. The fourth-order valence-electron chi connectivity index (χ4n) is 2.05.